The Balaban J connectivity index is 1.55. The summed E-state index contributed by atoms with van der Waals surface area (Å²) in [6.07, 6.45) is 0.701. The van der Waals surface area contributed by atoms with Crippen molar-refractivity contribution in [2.24, 2.45) is 0 Å². The molecule has 0 radical (unpaired) electrons. The Morgan fingerprint density at radius 2 is 1.93 bits per heavy atom. The summed E-state index contributed by atoms with van der Waals surface area (Å²) in [5, 5.41) is 3.13. The average Bonchev–Trinajstić information content (AvgIpc) is 3.26. The van der Waals surface area contributed by atoms with Crippen LogP contribution in [-0.4, -0.2) is 23.3 Å². The van der Waals surface area contributed by atoms with Gasteiger partial charge in [0.15, 0.2) is 16.8 Å². The van der Waals surface area contributed by atoms with Gasteiger partial charge >= 0.3 is 0 Å². The number of aromatic nitrogens is 1. The van der Waals surface area contributed by atoms with Gasteiger partial charge in [0.25, 0.3) is 5.91 Å². The van der Waals surface area contributed by atoms with Crippen LogP contribution in [-0.2, 0) is 11.2 Å². The topological polar surface area (TPSA) is 62.3 Å². The number of thiazole rings is 1. The SMILES string of the molecule is CC(=O)N1CCc2cc(C(=O)Nc3nc(-c4ccc(F)c(F)c4)c(C)s3)ccc21. The first-order chi connectivity index (χ1) is 13.8. The molecule has 0 fully saturated rings. The number of nitrogens with zero attached hydrogens (tertiary/aromatic N) is 2. The molecule has 29 heavy (non-hydrogen) atoms. The zero-order valence-corrected chi connectivity index (χ0v) is 16.6. The number of nitrogens with one attached hydrogen (secondary N) is 1. The first kappa shape index (κ1) is 19.2. The maximum Gasteiger partial charge on any atom is 0.257 e. The summed E-state index contributed by atoms with van der Waals surface area (Å²) in [4.78, 5) is 31.1. The summed E-state index contributed by atoms with van der Waals surface area (Å²) < 4.78 is 26.7. The Morgan fingerprint density at radius 3 is 2.66 bits per heavy atom. The predicted octanol–water partition coefficient (Wildman–Crippen LogP) is 4.56. The van der Waals surface area contributed by atoms with Crippen LogP contribution in [0.15, 0.2) is 36.4 Å². The summed E-state index contributed by atoms with van der Waals surface area (Å²) in [5.74, 6) is -2.21. The molecule has 148 valence electrons. The monoisotopic (exact) mass is 413 g/mol. The van der Waals surface area contributed by atoms with Crippen molar-refractivity contribution in [1.82, 2.24) is 4.98 Å². The molecule has 0 aliphatic carbocycles. The van der Waals surface area contributed by atoms with E-state index in [2.05, 4.69) is 10.3 Å². The van der Waals surface area contributed by atoms with Gasteiger partial charge in [-0.25, -0.2) is 13.8 Å². The summed E-state index contributed by atoms with van der Waals surface area (Å²) in [6, 6.07) is 8.82. The minimum atomic E-state index is -0.946. The van der Waals surface area contributed by atoms with E-state index in [-0.39, 0.29) is 11.8 Å². The molecule has 4 rings (SSSR count). The molecule has 2 aromatic carbocycles. The van der Waals surface area contributed by atoms with Crippen LogP contribution in [0.4, 0.5) is 19.6 Å². The molecule has 5 nitrogen and oxygen atoms in total. The van der Waals surface area contributed by atoms with Gasteiger partial charge in [0, 0.05) is 35.2 Å². The van der Waals surface area contributed by atoms with Crippen LogP contribution in [0.5, 0.6) is 0 Å². The quantitative estimate of drug-likeness (QED) is 0.685. The van der Waals surface area contributed by atoms with Crippen molar-refractivity contribution in [3.05, 3.63) is 64.0 Å². The van der Waals surface area contributed by atoms with Crippen LogP contribution in [0.1, 0.15) is 27.7 Å². The number of carbonyl (C=O) groups excluding carboxylic acids is 2. The van der Waals surface area contributed by atoms with Gasteiger partial charge in [0.05, 0.1) is 5.69 Å². The highest BCUT2D eigenvalue weighted by molar-refractivity contribution is 7.16. The molecule has 1 aliphatic rings. The van der Waals surface area contributed by atoms with E-state index >= 15 is 0 Å². The summed E-state index contributed by atoms with van der Waals surface area (Å²) in [7, 11) is 0. The fraction of sp³-hybridized carbons (Fsp3) is 0.190. The van der Waals surface area contributed by atoms with Crippen molar-refractivity contribution in [3.63, 3.8) is 0 Å². The van der Waals surface area contributed by atoms with Gasteiger partial charge in [0.1, 0.15) is 0 Å². The van der Waals surface area contributed by atoms with Gasteiger partial charge in [-0.15, -0.1) is 11.3 Å². The summed E-state index contributed by atoms with van der Waals surface area (Å²) >= 11 is 1.26. The number of benzene rings is 2. The Kier molecular flexibility index (Phi) is 4.87. The number of hydrogen-bond donors (Lipinski definition) is 1. The molecule has 2 amide bonds. The Morgan fingerprint density at radius 1 is 1.14 bits per heavy atom. The number of amides is 2. The minimum Gasteiger partial charge on any atom is -0.312 e. The van der Waals surface area contributed by atoms with Crippen molar-refractivity contribution in [2.45, 2.75) is 20.3 Å². The molecule has 1 aliphatic heterocycles. The molecular weight excluding hydrogens is 396 g/mol. The van der Waals surface area contributed by atoms with Crippen molar-refractivity contribution in [1.29, 1.82) is 0 Å². The normalized spacial score (nSPS) is 12.8. The van der Waals surface area contributed by atoms with Gasteiger partial charge in [-0.1, -0.05) is 0 Å². The lowest BCUT2D eigenvalue weighted by molar-refractivity contribution is -0.116. The van der Waals surface area contributed by atoms with Crippen molar-refractivity contribution >= 4 is 34.0 Å². The third-order valence-electron chi connectivity index (χ3n) is 4.83. The van der Waals surface area contributed by atoms with E-state index in [4.69, 9.17) is 0 Å². The lowest BCUT2D eigenvalue weighted by Gasteiger charge is -2.14. The third-order valence-corrected chi connectivity index (χ3v) is 5.71. The van der Waals surface area contributed by atoms with Gasteiger partial charge in [-0.2, -0.15) is 0 Å². The van der Waals surface area contributed by atoms with Crippen molar-refractivity contribution in [2.75, 3.05) is 16.8 Å². The van der Waals surface area contributed by atoms with Crippen LogP contribution in [0.3, 0.4) is 0 Å². The van der Waals surface area contributed by atoms with E-state index in [0.717, 1.165) is 28.3 Å². The third kappa shape index (κ3) is 3.63. The number of carbonyl (C=O) groups is 2. The van der Waals surface area contributed by atoms with Crippen LogP contribution in [0, 0.1) is 18.6 Å². The van der Waals surface area contributed by atoms with Gasteiger partial charge in [0.2, 0.25) is 5.91 Å². The molecule has 0 unspecified atom stereocenters. The second-order valence-electron chi connectivity index (χ2n) is 6.77. The lowest BCUT2D eigenvalue weighted by Crippen LogP contribution is -2.25. The molecular formula is C21H17F2N3O2S. The second-order valence-corrected chi connectivity index (χ2v) is 7.97. The number of fused-ring (bicyclic) bond motifs is 1. The minimum absolute atomic E-state index is 0.0241. The molecule has 0 atom stereocenters. The molecule has 0 spiro atoms. The zero-order chi connectivity index (χ0) is 20.7. The highest BCUT2D eigenvalue weighted by Crippen LogP contribution is 2.32. The van der Waals surface area contributed by atoms with Gasteiger partial charge < -0.3 is 4.90 Å². The van der Waals surface area contributed by atoms with Crippen LogP contribution < -0.4 is 10.2 Å². The molecule has 3 aromatic rings. The first-order valence-electron chi connectivity index (χ1n) is 8.98. The zero-order valence-electron chi connectivity index (χ0n) is 15.8. The van der Waals surface area contributed by atoms with E-state index in [1.165, 1.54) is 24.3 Å². The van der Waals surface area contributed by atoms with E-state index < -0.39 is 11.6 Å². The highest BCUT2D eigenvalue weighted by atomic mass is 32.1. The Hall–Kier alpha value is -3.13. The molecule has 1 aromatic heterocycles. The van der Waals surface area contributed by atoms with Crippen molar-refractivity contribution in [3.8, 4) is 11.3 Å². The summed E-state index contributed by atoms with van der Waals surface area (Å²) in [5.41, 5.74) is 3.19. The smallest absolute Gasteiger partial charge is 0.257 e. The van der Waals surface area contributed by atoms with E-state index in [9.17, 15) is 18.4 Å². The average molecular weight is 413 g/mol. The Labute approximate surface area is 170 Å². The number of rotatable bonds is 3. The first-order valence-corrected chi connectivity index (χ1v) is 9.80. The van der Waals surface area contributed by atoms with Gasteiger partial charge in [-0.05, 0) is 55.3 Å². The second kappa shape index (κ2) is 7.36. The van der Waals surface area contributed by atoms with Crippen molar-refractivity contribution < 1.29 is 18.4 Å². The maximum atomic E-state index is 13.5. The van der Waals surface area contributed by atoms with Gasteiger partial charge in [-0.3, -0.25) is 14.9 Å². The standard InChI is InChI=1S/C21H17F2N3O2S/c1-11-19(14-3-5-16(22)17(23)10-14)24-21(29-11)25-20(28)15-4-6-18-13(9-15)7-8-26(18)12(2)27/h3-6,9-10H,7-8H2,1-2H3,(H,24,25,28). The van der Waals surface area contributed by atoms with Crippen LogP contribution in [0.25, 0.3) is 11.3 Å². The van der Waals surface area contributed by atoms with E-state index in [1.807, 2.05) is 0 Å². The number of hydrogen-bond acceptors (Lipinski definition) is 4. The lowest BCUT2D eigenvalue weighted by atomic mass is 10.1. The largest absolute Gasteiger partial charge is 0.312 e. The molecule has 0 bridgehead atoms. The highest BCUT2D eigenvalue weighted by Gasteiger charge is 2.23. The number of halogens is 2. The molecule has 8 heteroatoms. The predicted molar refractivity (Wildman–Crippen MR) is 108 cm³/mol. The molecule has 0 saturated carbocycles. The molecule has 0 saturated heterocycles. The maximum absolute atomic E-state index is 13.5. The van der Waals surface area contributed by atoms with E-state index in [0.29, 0.717) is 34.9 Å². The molecule has 2 heterocycles. The van der Waals surface area contributed by atoms with Crippen LogP contribution >= 0.6 is 11.3 Å². The number of aryl methyl sites for hydroxylation is 1. The fourth-order valence-electron chi connectivity index (χ4n) is 3.40. The van der Waals surface area contributed by atoms with E-state index in [1.54, 1.807) is 30.0 Å². The Bertz CT molecular complexity index is 1140. The molecule has 1 N–H and O–H groups in total. The van der Waals surface area contributed by atoms with Crippen LogP contribution in [0.2, 0.25) is 0 Å². The summed E-state index contributed by atoms with van der Waals surface area (Å²) in [6.45, 7) is 3.93. The number of anilines is 2. The fourth-order valence-corrected chi connectivity index (χ4v) is 4.23.